The Morgan fingerprint density at radius 3 is 2.33 bits per heavy atom. The quantitative estimate of drug-likeness (QED) is 0.672. The number of fused-ring (bicyclic) bond motifs is 2. The van der Waals surface area contributed by atoms with Crippen LogP contribution in [0.25, 0.3) is 0 Å². The lowest BCUT2D eigenvalue weighted by atomic mass is 9.85. The van der Waals surface area contributed by atoms with Gasteiger partial charge in [0.15, 0.2) is 0 Å². The van der Waals surface area contributed by atoms with E-state index in [9.17, 15) is 4.79 Å². The third-order valence-corrected chi connectivity index (χ3v) is 3.66. The summed E-state index contributed by atoms with van der Waals surface area (Å²) in [7, 11) is 0. The fourth-order valence-electron chi connectivity index (χ4n) is 3.06. The number of hydrogen-bond donors (Lipinski definition) is 1. The first-order valence-electron chi connectivity index (χ1n) is 5.87. The minimum Gasteiger partial charge on any atom is -0.460 e. The second-order valence-corrected chi connectivity index (χ2v) is 5.97. The van der Waals surface area contributed by atoms with E-state index in [1.54, 1.807) is 0 Å². The molecule has 2 fully saturated rings. The van der Waals surface area contributed by atoms with Crippen molar-refractivity contribution in [3.8, 4) is 0 Å². The maximum absolute atomic E-state index is 12.0. The molecular formula is C12H21NO2. The van der Waals surface area contributed by atoms with Crippen LogP contribution in [0.15, 0.2) is 0 Å². The highest BCUT2D eigenvalue weighted by Crippen LogP contribution is 2.48. The highest BCUT2D eigenvalue weighted by atomic mass is 16.6. The van der Waals surface area contributed by atoms with E-state index in [1.165, 1.54) is 6.42 Å². The average Bonchev–Trinajstić information content (AvgIpc) is 2.59. The highest BCUT2D eigenvalue weighted by molar-refractivity contribution is 5.75. The zero-order valence-corrected chi connectivity index (χ0v) is 9.82. The molecule has 15 heavy (non-hydrogen) atoms. The van der Waals surface area contributed by atoms with Gasteiger partial charge in [0.1, 0.15) is 5.60 Å². The third kappa shape index (κ3) is 2.03. The number of hydrogen-bond acceptors (Lipinski definition) is 3. The Bertz CT molecular complexity index is 267. The van der Waals surface area contributed by atoms with Crippen LogP contribution in [0.5, 0.6) is 0 Å². The molecule has 3 nitrogen and oxygen atoms in total. The molecule has 4 atom stereocenters. The number of nitrogens with two attached hydrogens (primary N) is 1. The van der Waals surface area contributed by atoms with Gasteiger partial charge in [0, 0.05) is 6.04 Å². The monoisotopic (exact) mass is 211 g/mol. The Hall–Kier alpha value is -0.570. The molecule has 0 heterocycles. The van der Waals surface area contributed by atoms with Gasteiger partial charge < -0.3 is 10.5 Å². The summed E-state index contributed by atoms with van der Waals surface area (Å²) in [5.41, 5.74) is 5.69. The number of carbonyl (C=O) groups excluding carboxylic acids is 1. The molecule has 0 aromatic heterocycles. The van der Waals surface area contributed by atoms with Crippen LogP contribution < -0.4 is 5.73 Å². The first kappa shape index (κ1) is 10.9. The molecule has 0 saturated heterocycles. The van der Waals surface area contributed by atoms with Crippen molar-refractivity contribution in [3.05, 3.63) is 0 Å². The van der Waals surface area contributed by atoms with E-state index >= 15 is 0 Å². The van der Waals surface area contributed by atoms with Gasteiger partial charge in [0.25, 0.3) is 0 Å². The molecule has 2 N–H and O–H groups in total. The van der Waals surface area contributed by atoms with Crippen molar-refractivity contribution in [1.82, 2.24) is 0 Å². The number of ether oxygens (including phenoxy) is 1. The summed E-state index contributed by atoms with van der Waals surface area (Å²) in [6.07, 6.45) is 3.48. The lowest BCUT2D eigenvalue weighted by Crippen LogP contribution is -2.43. The van der Waals surface area contributed by atoms with Crippen LogP contribution in [0.1, 0.15) is 40.0 Å². The molecule has 2 aliphatic rings. The smallest absolute Gasteiger partial charge is 0.311 e. The van der Waals surface area contributed by atoms with Gasteiger partial charge in [-0.1, -0.05) is 0 Å². The molecule has 0 unspecified atom stereocenters. The second kappa shape index (κ2) is 3.48. The van der Waals surface area contributed by atoms with E-state index in [0.29, 0.717) is 11.8 Å². The maximum Gasteiger partial charge on any atom is 0.311 e. The van der Waals surface area contributed by atoms with Gasteiger partial charge in [-0.05, 0) is 51.9 Å². The molecule has 2 aliphatic carbocycles. The first-order valence-corrected chi connectivity index (χ1v) is 5.87. The molecule has 0 amide bonds. The van der Waals surface area contributed by atoms with Crippen LogP contribution in [0, 0.1) is 17.8 Å². The molecule has 0 radical (unpaired) electrons. The lowest BCUT2D eigenvalue weighted by Gasteiger charge is -2.29. The lowest BCUT2D eigenvalue weighted by molar-refractivity contribution is -0.162. The third-order valence-electron chi connectivity index (χ3n) is 3.66. The Labute approximate surface area is 91.4 Å². The van der Waals surface area contributed by atoms with E-state index in [2.05, 4.69) is 0 Å². The summed E-state index contributed by atoms with van der Waals surface area (Å²) in [5, 5.41) is 0. The van der Waals surface area contributed by atoms with E-state index in [4.69, 9.17) is 10.5 Å². The predicted octanol–water partition coefficient (Wildman–Crippen LogP) is 1.70. The van der Waals surface area contributed by atoms with Crippen LogP contribution in [0.4, 0.5) is 0 Å². The molecule has 2 bridgehead atoms. The van der Waals surface area contributed by atoms with Gasteiger partial charge in [0.05, 0.1) is 5.92 Å². The Kier molecular flexibility index (Phi) is 2.53. The first-order chi connectivity index (χ1) is 6.88. The zero-order chi connectivity index (χ0) is 11.2. The van der Waals surface area contributed by atoms with Crippen molar-refractivity contribution >= 4 is 5.97 Å². The van der Waals surface area contributed by atoms with Gasteiger partial charge >= 0.3 is 5.97 Å². The van der Waals surface area contributed by atoms with Crippen molar-refractivity contribution in [2.24, 2.45) is 23.5 Å². The van der Waals surface area contributed by atoms with Gasteiger partial charge in [-0.2, -0.15) is 0 Å². The summed E-state index contributed by atoms with van der Waals surface area (Å²) in [5.74, 6) is 0.928. The van der Waals surface area contributed by atoms with Crippen molar-refractivity contribution in [1.29, 1.82) is 0 Å². The summed E-state index contributed by atoms with van der Waals surface area (Å²) in [6, 6.07) is 0.0404. The standard InChI is InChI=1S/C12H21NO2/c1-12(2,3)15-11(14)9-7-4-5-8(6-7)10(9)13/h7-10H,4-6,13H2,1-3H3/t7-,8+,9+,10-/m1/s1. The summed E-state index contributed by atoms with van der Waals surface area (Å²) < 4.78 is 5.43. The molecule has 0 aromatic rings. The fraction of sp³-hybridized carbons (Fsp3) is 0.917. The van der Waals surface area contributed by atoms with Gasteiger partial charge in [-0.3, -0.25) is 4.79 Å². The molecule has 0 spiro atoms. The Morgan fingerprint density at radius 1 is 1.27 bits per heavy atom. The maximum atomic E-state index is 12.0. The van der Waals surface area contributed by atoms with E-state index < -0.39 is 5.60 Å². The van der Waals surface area contributed by atoms with Crippen LogP contribution in [-0.4, -0.2) is 17.6 Å². The SMILES string of the molecule is CC(C)(C)OC(=O)[C@H]1[C@@H]2CC[C@@H](C2)[C@H]1N. The minimum absolute atomic E-state index is 0.0389. The van der Waals surface area contributed by atoms with Crippen molar-refractivity contribution < 1.29 is 9.53 Å². The molecule has 3 heteroatoms. The molecule has 2 rings (SSSR count). The van der Waals surface area contributed by atoms with Crippen molar-refractivity contribution in [3.63, 3.8) is 0 Å². The summed E-state index contributed by atoms with van der Waals surface area (Å²) in [6.45, 7) is 5.72. The van der Waals surface area contributed by atoms with Crippen LogP contribution in [-0.2, 0) is 9.53 Å². The van der Waals surface area contributed by atoms with Crippen molar-refractivity contribution in [2.45, 2.75) is 51.7 Å². The normalized spacial score (nSPS) is 39.5. The summed E-state index contributed by atoms with van der Waals surface area (Å²) in [4.78, 5) is 12.0. The van der Waals surface area contributed by atoms with Crippen molar-refractivity contribution in [2.75, 3.05) is 0 Å². The predicted molar refractivity (Wildman–Crippen MR) is 58.1 cm³/mol. The number of esters is 1. The zero-order valence-electron chi connectivity index (χ0n) is 9.82. The average molecular weight is 211 g/mol. The molecular weight excluding hydrogens is 190 g/mol. The highest BCUT2D eigenvalue weighted by Gasteiger charge is 2.50. The molecule has 0 aliphatic heterocycles. The van der Waals surface area contributed by atoms with Crippen LogP contribution in [0.3, 0.4) is 0 Å². The van der Waals surface area contributed by atoms with E-state index in [0.717, 1.165) is 12.8 Å². The number of rotatable bonds is 1. The Morgan fingerprint density at radius 2 is 1.87 bits per heavy atom. The second-order valence-electron chi connectivity index (χ2n) is 5.97. The van der Waals surface area contributed by atoms with Crippen LogP contribution in [0.2, 0.25) is 0 Å². The van der Waals surface area contributed by atoms with Gasteiger partial charge in [-0.25, -0.2) is 0 Å². The molecule has 86 valence electrons. The van der Waals surface area contributed by atoms with E-state index in [-0.39, 0.29) is 17.9 Å². The fourth-order valence-corrected chi connectivity index (χ4v) is 3.06. The molecule has 2 saturated carbocycles. The molecule has 0 aromatic carbocycles. The van der Waals surface area contributed by atoms with E-state index in [1.807, 2.05) is 20.8 Å². The van der Waals surface area contributed by atoms with Gasteiger partial charge in [-0.15, -0.1) is 0 Å². The Balaban J connectivity index is 2.02. The largest absolute Gasteiger partial charge is 0.460 e. The van der Waals surface area contributed by atoms with Gasteiger partial charge in [0.2, 0.25) is 0 Å². The number of carbonyl (C=O) groups is 1. The minimum atomic E-state index is -0.390. The summed E-state index contributed by atoms with van der Waals surface area (Å²) >= 11 is 0. The van der Waals surface area contributed by atoms with Crippen LogP contribution >= 0.6 is 0 Å². The topological polar surface area (TPSA) is 52.3 Å².